The molecular formula is C23H21BrClF3N4O2S. The van der Waals surface area contributed by atoms with Gasteiger partial charge in [0.1, 0.15) is 11.6 Å². The minimum Gasteiger partial charge on any atom is -0.492 e. The smallest absolute Gasteiger partial charge is 0.416 e. The number of carbonyl (C=O) groups is 1. The number of aryl methyl sites for hydroxylation is 1. The first-order valence-electron chi connectivity index (χ1n) is 10.4. The minimum absolute atomic E-state index is 0.0424. The van der Waals surface area contributed by atoms with Crippen molar-refractivity contribution in [3.05, 3.63) is 76.0 Å². The molecule has 0 fully saturated rings. The van der Waals surface area contributed by atoms with Crippen LogP contribution in [0.4, 0.5) is 18.9 Å². The van der Waals surface area contributed by atoms with Crippen LogP contribution in [-0.2, 0) is 23.9 Å². The molecule has 0 atom stereocenters. The number of allylic oxidation sites excluding steroid dienone is 1. The topological polar surface area (TPSA) is 69.0 Å². The van der Waals surface area contributed by atoms with Crippen molar-refractivity contribution in [3.8, 4) is 5.75 Å². The Morgan fingerprint density at radius 2 is 2.06 bits per heavy atom. The number of carbonyl (C=O) groups excluding carboxylic acids is 1. The Hall–Kier alpha value is -2.50. The summed E-state index contributed by atoms with van der Waals surface area (Å²) < 4.78 is 47.0. The molecule has 0 saturated heterocycles. The van der Waals surface area contributed by atoms with E-state index in [0.29, 0.717) is 47.7 Å². The zero-order valence-corrected chi connectivity index (χ0v) is 21.5. The Kier molecular flexibility index (Phi) is 9.64. The van der Waals surface area contributed by atoms with Gasteiger partial charge in [-0.25, -0.2) is 0 Å². The molecule has 2 aromatic carbocycles. The van der Waals surface area contributed by atoms with E-state index in [4.69, 9.17) is 16.3 Å². The summed E-state index contributed by atoms with van der Waals surface area (Å²) in [6.45, 7) is 4.65. The van der Waals surface area contributed by atoms with E-state index in [9.17, 15) is 18.0 Å². The number of nitrogens with one attached hydrogen (secondary N) is 1. The average Bonchev–Trinajstić information content (AvgIpc) is 3.18. The second kappa shape index (κ2) is 12.5. The average molecular weight is 590 g/mol. The molecular weight excluding hydrogens is 569 g/mol. The molecule has 1 amide bonds. The van der Waals surface area contributed by atoms with E-state index in [1.165, 1.54) is 12.1 Å². The zero-order valence-electron chi connectivity index (χ0n) is 18.3. The van der Waals surface area contributed by atoms with Crippen molar-refractivity contribution < 1.29 is 22.7 Å². The van der Waals surface area contributed by atoms with Crippen LogP contribution in [0, 0.1) is 0 Å². The highest BCUT2D eigenvalue weighted by Crippen LogP contribution is 2.31. The van der Waals surface area contributed by atoms with Gasteiger partial charge in [-0.05, 0) is 58.7 Å². The molecule has 0 unspecified atom stereocenters. The van der Waals surface area contributed by atoms with Crippen LogP contribution in [0.2, 0.25) is 5.02 Å². The highest BCUT2D eigenvalue weighted by molar-refractivity contribution is 9.10. The molecule has 1 aromatic heterocycles. The van der Waals surface area contributed by atoms with Crippen molar-refractivity contribution >= 4 is 50.9 Å². The molecule has 12 heteroatoms. The van der Waals surface area contributed by atoms with Gasteiger partial charge >= 0.3 is 6.18 Å². The summed E-state index contributed by atoms with van der Waals surface area (Å²) in [4.78, 5) is 12.3. The highest BCUT2D eigenvalue weighted by Gasteiger charge is 2.30. The van der Waals surface area contributed by atoms with Gasteiger partial charge in [-0.1, -0.05) is 35.5 Å². The lowest BCUT2D eigenvalue weighted by Gasteiger charge is -2.11. The molecule has 0 aliphatic rings. The number of ether oxygens (including phenoxy) is 1. The first-order valence-corrected chi connectivity index (χ1v) is 12.5. The lowest BCUT2D eigenvalue weighted by Crippen LogP contribution is -2.15. The van der Waals surface area contributed by atoms with Gasteiger partial charge in [0.25, 0.3) is 0 Å². The summed E-state index contributed by atoms with van der Waals surface area (Å²) in [5.41, 5.74) is -0.753. The van der Waals surface area contributed by atoms with Crippen molar-refractivity contribution in [1.29, 1.82) is 0 Å². The quantitative estimate of drug-likeness (QED) is 0.154. The summed E-state index contributed by atoms with van der Waals surface area (Å²) >= 11 is 10.5. The van der Waals surface area contributed by atoms with Gasteiger partial charge in [0, 0.05) is 23.7 Å². The lowest BCUT2D eigenvalue weighted by atomic mass is 10.2. The van der Waals surface area contributed by atoms with E-state index in [1.54, 1.807) is 24.3 Å². The SMILES string of the molecule is C=CCn1c(CCCOc2ccc(Cl)cc2Br)nnc1SCC(=O)Nc1cccc(C(F)(F)F)c1. The van der Waals surface area contributed by atoms with Gasteiger partial charge in [-0.2, -0.15) is 13.2 Å². The van der Waals surface area contributed by atoms with E-state index >= 15 is 0 Å². The van der Waals surface area contributed by atoms with Crippen LogP contribution in [0.25, 0.3) is 0 Å². The van der Waals surface area contributed by atoms with Gasteiger partial charge in [0.2, 0.25) is 5.91 Å². The summed E-state index contributed by atoms with van der Waals surface area (Å²) in [7, 11) is 0. The minimum atomic E-state index is -4.48. The number of aromatic nitrogens is 3. The lowest BCUT2D eigenvalue weighted by molar-refractivity contribution is -0.137. The van der Waals surface area contributed by atoms with Gasteiger partial charge in [0.15, 0.2) is 5.16 Å². The molecule has 3 rings (SSSR count). The van der Waals surface area contributed by atoms with E-state index in [-0.39, 0.29) is 11.4 Å². The Morgan fingerprint density at radius 3 is 2.77 bits per heavy atom. The number of benzene rings is 2. The van der Waals surface area contributed by atoms with Gasteiger partial charge < -0.3 is 14.6 Å². The third-order valence-electron chi connectivity index (χ3n) is 4.61. The molecule has 35 heavy (non-hydrogen) atoms. The van der Waals surface area contributed by atoms with Crippen molar-refractivity contribution in [2.75, 3.05) is 17.7 Å². The molecule has 6 nitrogen and oxygen atoms in total. The summed E-state index contributed by atoms with van der Waals surface area (Å²) in [5.74, 6) is 0.902. The van der Waals surface area contributed by atoms with Crippen LogP contribution in [0.15, 0.2) is 64.7 Å². The number of nitrogens with zero attached hydrogens (tertiary/aromatic N) is 3. The molecule has 186 valence electrons. The number of rotatable bonds is 11. The molecule has 0 aliphatic heterocycles. The predicted molar refractivity (Wildman–Crippen MR) is 134 cm³/mol. The highest BCUT2D eigenvalue weighted by atomic mass is 79.9. The molecule has 0 spiro atoms. The number of hydrogen-bond acceptors (Lipinski definition) is 5. The Morgan fingerprint density at radius 1 is 1.26 bits per heavy atom. The van der Waals surface area contributed by atoms with Crippen LogP contribution >= 0.6 is 39.3 Å². The van der Waals surface area contributed by atoms with Crippen LogP contribution in [0.3, 0.4) is 0 Å². The van der Waals surface area contributed by atoms with Crippen LogP contribution in [0.1, 0.15) is 17.8 Å². The number of thioether (sulfide) groups is 1. The normalized spacial score (nSPS) is 11.3. The van der Waals surface area contributed by atoms with Crippen LogP contribution in [0.5, 0.6) is 5.75 Å². The second-order valence-electron chi connectivity index (χ2n) is 7.24. The van der Waals surface area contributed by atoms with Crippen molar-refractivity contribution in [3.63, 3.8) is 0 Å². The summed E-state index contributed by atoms with van der Waals surface area (Å²) in [6.07, 6.45) is -1.53. The molecule has 3 aromatic rings. The number of halogens is 5. The third kappa shape index (κ3) is 8.01. The first-order chi connectivity index (χ1) is 16.7. The largest absolute Gasteiger partial charge is 0.492 e. The van der Waals surface area contributed by atoms with Gasteiger partial charge in [-0.3, -0.25) is 4.79 Å². The monoisotopic (exact) mass is 588 g/mol. The maximum Gasteiger partial charge on any atom is 0.416 e. The number of alkyl halides is 3. The molecule has 0 radical (unpaired) electrons. The maximum absolute atomic E-state index is 12.9. The second-order valence-corrected chi connectivity index (χ2v) is 9.47. The van der Waals surface area contributed by atoms with Crippen LogP contribution in [-0.4, -0.2) is 33.0 Å². The van der Waals surface area contributed by atoms with E-state index in [0.717, 1.165) is 28.4 Å². The molecule has 1 N–H and O–H groups in total. The van der Waals surface area contributed by atoms with Gasteiger partial charge in [-0.15, -0.1) is 16.8 Å². The number of anilines is 1. The molecule has 0 saturated carbocycles. The molecule has 0 bridgehead atoms. The molecule has 0 aliphatic carbocycles. The van der Waals surface area contributed by atoms with Gasteiger partial charge in [0.05, 0.1) is 22.4 Å². The zero-order chi connectivity index (χ0) is 25.4. The Balaban J connectivity index is 1.54. The fraction of sp³-hybridized carbons (Fsp3) is 0.261. The maximum atomic E-state index is 12.9. The molecule has 1 heterocycles. The number of amides is 1. The summed E-state index contributed by atoms with van der Waals surface area (Å²) in [6, 6.07) is 9.77. The van der Waals surface area contributed by atoms with Crippen molar-refractivity contribution in [2.24, 2.45) is 0 Å². The Bertz CT molecular complexity index is 1190. The fourth-order valence-corrected chi connectivity index (χ4v) is 4.59. The fourth-order valence-electron chi connectivity index (χ4n) is 3.03. The summed E-state index contributed by atoms with van der Waals surface area (Å²) in [5, 5.41) is 12.0. The third-order valence-corrected chi connectivity index (χ3v) is 6.43. The standard InChI is InChI=1S/C23H21BrClF3N4O2S/c1-2-10-32-20(7-4-11-34-19-9-8-16(25)13-18(19)24)30-31-22(32)35-14-21(33)29-17-6-3-5-15(12-17)23(26,27)28/h2-3,5-6,8-9,12-13H,1,4,7,10-11,14H2,(H,29,33). The number of hydrogen-bond donors (Lipinski definition) is 1. The first kappa shape index (κ1) is 27.1. The van der Waals surface area contributed by atoms with E-state index in [2.05, 4.69) is 38.0 Å². The predicted octanol–water partition coefficient (Wildman–Crippen LogP) is 6.64. The van der Waals surface area contributed by atoms with Crippen molar-refractivity contribution in [2.45, 2.75) is 30.7 Å². The Labute approximate surface area is 218 Å². The van der Waals surface area contributed by atoms with Crippen LogP contribution < -0.4 is 10.1 Å². The van der Waals surface area contributed by atoms with E-state index in [1.807, 2.05) is 4.57 Å². The van der Waals surface area contributed by atoms with E-state index < -0.39 is 17.6 Å². The van der Waals surface area contributed by atoms with Crippen molar-refractivity contribution in [1.82, 2.24) is 14.8 Å².